The summed E-state index contributed by atoms with van der Waals surface area (Å²) in [7, 11) is 0. The van der Waals surface area contributed by atoms with Crippen LogP contribution in [0.2, 0.25) is 5.02 Å². The molecular formula is C18H19ClN4O2S. The molecule has 26 heavy (non-hydrogen) atoms. The molecule has 3 heterocycles. The van der Waals surface area contributed by atoms with E-state index in [2.05, 4.69) is 15.3 Å². The molecule has 1 unspecified atom stereocenters. The smallest absolute Gasteiger partial charge is 0.158 e. The summed E-state index contributed by atoms with van der Waals surface area (Å²) >= 11 is 7.54. The van der Waals surface area contributed by atoms with Gasteiger partial charge in [-0.05, 0) is 31.4 Å². The zero-order valence-electron chi connectivity index (χ0n) is 14.2. The molecule has 0 bridgehead atoms. The normalized spacial score (nSPS) is 17.5. The quantitative estimate of drug-likeness (QED) is 0.632. The summed E-state index contributed by atoms with van der Waals surface area (Å²) in [5.74, 6) is 0. The van der Waals surface area contributed by atoms with E-state index in [4.69, 9.17) is 21.1 Å². The highest BCUT2D eigenvalue weighted by Gasteiger charge is 2.15. The molecule has 1 aliphatic rings. The van der Waals surface area contributed by atoms with Gasteiger partial charge in [-0.2, -0.15) is 0 Å². The Bertz CT molecular complexity index is 843. The minimum atomic E-state index is -0.116. The lowest BCUT2D eigenvalue weighted by Gasteiger charge is -2.22. The summed E-state index contributed by atoms with van der Waals surface area (Å²) in [4.78, 5) is 4.67. The molecule has 1 atom stereocenters. The first kappa shape index (κ1) is 17.6. The van der Waals surface area contributed by atoms with Gasteiger partial charge in [0.05, 0.1) is 25.0 Å². The van der Waals surface area contributed by atoms with E-state index < -0.39 is 0 Å². The highest BCUT2D eigenvalue weighted by molar-refractivity contribution is 7.13. The Hall–Kier alpha value is -1.80. The van der Waals surface area contributed by atoms with Crippen LogP contribution in [0.3, 0.4) is 0 Å². The van der Waals surface area contributed by atoms with Crippen molar-refractivity contribution < 1.29 is 9.47 Å². The van der Waals surface area contributed by atoms with Crippen molar-refractivity contribution in [3.05, 3.63) is 52.3 Å². The standard InChI is InChI=1S/C18H19ClN4O2S/c19-14-6-4-13(5-7-14)18-20-16(12-26-18)10-23-9-15(21-22-23)11-25-17-3-1-2-8-24-17/h4-7,9,12,17H,1-3,8,10-11H2. The predicted octanol–water partition coefficient (Wildman–Crippen LogP) is 4.15. The molecule has 0 spiro atoms. The Morgan fingerprint density at radius 2 is 2.12 bits per heavy atom. The maximum absolute atomic E-state index is 5.94. The summed E-state index contributed by atoms with van der Waals surface area (Å²) < 4.78 is 13.1. The van der Waals surface area contributed by atoms with Crippen LogP contribution >= 0.6 is 22.9 Å². The lowest BCUT2D eigenvalue weighted by atomic mass is 10.2. The molecule has 0 saturated carbocycles. The SMILES string of the molecule is Clc1ccc(-c2nc(Cn3cc(COC4CCCCO4)nn3)cs2)cc1. The van der Waals surface area contributed by atoms with E-state index in [1.165, 1.54) is 0 Å². The zero-order valence-corrected chi connectivity index (χ0v) is 15.7. The van der Waals surface area contributed by atoms with Gasteiger partial charge in [0, 0.05) is 22.6 Å². The van der Waals surface area contributed by atoms with Crippen LogP contribution in [-0.4, -0.2) is 32.9 Å². The molecule has 1 fully saturated rings. The van der Waals surface area contributed by atoms with Gasteiger partial charge in [-0.25, -0.2) is 9.67 Å². The van der Waals surface area contributed by atoms with Gasteiger partial charge >= 0.3 is 0 Å². The lowest BCUT2D eigenvalue weighted by molar-refractivity contribution is -0.169. The van der Waals surface area contributed by atoms with Crippen molar-refractivity contribution in [2.75, 3.05) is 6.61 Å². The average molecular weight is 391 g/mol. The van der Waals surface area contributed by atoms with Gasteiger partial charge in [-0.1, -0.05) is 28.9 Å². The molecule has 0 aliphatic carbocycles. The Labute approximate surface area is 160 Å². The lowest BCUT2D eigenvalue weighted by Crippen LogP contribution is -2.22. The molecule has 136 valence electrons. The number of benzene rings is 1. The van der Waals surface area contributed by atoms with E-state index in [9.17, 15) is 0 Å². The number of nitrogens with zero attached hydrogens (tertiary/aromatic N) is 4. The monoisotopic (exact) mass is 390 g/mol. The number of halogens is 1. The summed E-state index contributed by atoms with van der Waals surface area (Å²) in [6.07, 6.45) is 4.98. The van der Waals surface area contributed by atoms with Gasteiger partial charge in [-0.15, -0.1) is 16.4 Å². The predicted molar refractivity (Wildman–Crippen MR) is 100 cm³/mol. The van der Waals surface area contributed by atoms with Gasteiger partial charge in [0.15, 0.2) is 6.29 Å². The summed E-state index contributed by atoms with van der Waals surface area (Å²) in [6, 6.07) is 7.70. The van der Waals surface area contributed by atoms with E-state index >= 15 is 0 Å². The largest absolute Gasteiger partial charge is 0.353 e. The van der Waals surface area contributed by atoms with Crippen molar-refractivity contribution in [2.45, 2.75) is 38.7 Å². The van der Waals surface area contributed by atoms with Gasteiger partial charge < -0.3 is 9.47 Å². The summed E-state index contributed by atoms with van der Waals surface area (Å²) in [6.45, 7) is 1.77. The second kappa shape index (κ2) is 8.26. The number of hydrogen-bond acceptors (Lipinski definition) is 6. The molecule has 6 nitrogen and oxygen atoms in total. The number of aromatic nitrogens is 4. The van der Waals surface area contributed by atoms with E-state index in [1.54, 1.807) is 16.0 Å². The Balaban J connectivity index is 1.34. The molecule has 4 rings (SSSR count). The van der Waals surface area contributed by atoms with Crippen LogP contribution in [-0.2, 0) is 22.6 Å². The Morgan fingerprint density at radius 1 is 1.23 bits per heavy atom. The van der Waals surface area contributed by atoms with E-state index in [0.29, 0.717) is 13.2 Å². The number of thiazole rings is 1. The van der Waals surface area contributed by atoms with Gasteiger partial charge in [-0.3, -0.25) is 0 Å². The fourth-order valence-corrected chi connectivity index (χ4v) is 3.72. The van der Waals surface area contributed by atoms with E-state index in [1.807, 2.05) is 35.8 Å². The van der Waals surface area contributed by atoms with Crippen molar-refractivity contribution >= 4 is 22.9 Å². The maximum atomic E-state index is 5.94. The Morgan fingerprint density at radius 3 is 2.92 bits per heavy atom. The first-order chi connectivity index (χ1) is 12.8. The number of rotatable bonds is 6. The van der Waals surface area contributed by atoms with E-state index in [-0.39, 0.29) is 6.29 Å². The van der Waals surface area contributed by atoms with Gasteiger partial charge in [0.2, 0.25) is 0 Å². The third-order valence-corrected chi connectivity index (χ3v) is 5.30. The van der Waals surface area contributed by atoms with Crippen LogP contribution in [0.15, 0.2) is 35.8 Å². The van der Waals surface area contributed by atoms with Crippen LogP contribution in [0, 0.1) is 0 Å². The summed E-state index contributed by atoms with van der Waals surface area (Å²) in [5, 5.41) is 12.1. The molecule has 0 N–H and O–H groups in total. The Kier molecular flexibility index (Phi) is 5.59. The van der Waals surface area contributed by atoms with Crippen molar-refractivity contribution in [3.8, 4) is 10.6 Å². The summed E-state index contributed by atoms with van der Waals surface area (Å²) in [5.41, 5.74) is 2.81. The van der Waals surface area contributed by atoms with Crippen LogP contribution < -0.4 is 0 Å². The topological polar surface area (TPSA) is 62.1 Å². The second-order valence-electron chi connectivity index (χ2n) is 6.17. The molecule has 8 heteroatoms. The van der Waals surface area contributed by atoms with Crippen molar-refractivity contribution in [3.63, 3.8) is 0 Å². The molecule has 2 aromatic heterocycles. The minimum Gasteiger partial charge on any atom is -0.353 e. The van der Waals surface area contributed by atoms with Crippen molar-refractivity contribution in [1.82, 2.24) is 20.0 Å². The fourth-order valence-electron chi connectivity index (χ4n) is 2.77. The second-order valence-corrected chi connectivity index (χ2v) is 7.46. The van der Waals surface area contributed by atoms with Crippen LogP contribution in [0.4, 0.5) is 0 Å². The van der Waals surface area contributed by atoms with Gasteiger partial charge in [0.25, 0.3) is 0 Å². The third kappa shape index (κ3) is 4.48. The first-order valence-corrected chi connectivity index (χ1v) is 9.84. The molecule has 3 aromatic rings. The number of hydrogen-bond donors (Lipinski definition) is 0. The van der Waals surface area contributed by atoms with Crippen LogP contribution in [0.1, 0.15) is 30.7 Å². The van der Waals surface area contributed by atoms with Crippen molar-refractivity contribution in [2.24, 2.45) is 0 Å². The van der Waals surface area contributed by atoms with Crippen LogP contribution in [0.25, 0.3) is 10.6 Å². The average Bonchev–Trinajstić information content (AvgIpc) is 3.32. The fraction of sp³-hybridized carbons (Fsp3) is 0.389. The number of ether oxygens (including phenoxy) is 2. The third-order valence-electron chi connectivity index (χ3n) is 4.11. The van der Waals surface area contributed by atoms with E-state index in [0.717, 1.165) is 52.9 Å². The van der Waals surface area contributed by atoms with Crippen LogP contribution in [0.5, 0.6) is 0 Å². The molecule has 1 saturated heterocycles. The molecule has 0 radical (unpaired) electrons. The highest BCUT2D eigenvalue weighted by atomic mass is 35.5. The van der Waals surface area contributed by atoms with Crippen molar-refractivity contribution in [1.29, 1.82) is 0 Å². The molecular weight excluding hydrogens is 372 g/mol. The minimum absolute atomic E-state index is 0.116. The molecule has 0 amide bonds. The maximum Gasteiger partial charge on any atom is 0.158 e. The molecule has 1 aliphatic heterocycles. The first-order valence-electron chi connectivity index (χ1n) is 8.59. The highest BCUT2D eigenvalue weighted by Crippen LogP contribution is 2.25. The van der Waals surface area contributed by atoms with Gasteiger partial charge in [0.1, 0.15) is 10.7 Å². The molecule has 1 aromatic carbocycles. The zero-order chi connectivity index (χ0) is 17.8.